The molecule has 0 fully saturated rings. The molecule has 0 saturated carbocycles. The molecule has 120 valence electrons. The maximum absolute atomic E-state index is 12.3. The number of aromatic nitrogens is 1. The fraction of sp³-hybridized carbons (Fsp3) is 0.722. The van der Waals surface area contributed by atoms with E-state index in [1.165, 1.54) is 0 Å². The van der Waals surface area contributed by atoms with Gasteiger partial charge in [-0.05, 0) is 52.5 Å². The van der Waals surface area contributed by atoms with E-state index >= 15 is 0 Å². The van der Waals surface area contributed by atoms with Crippen LogP contribution in [0.25, 0.3) is 0 Å². The Morgan fingerprint density at radius 2 is 1.76 bits per heavy atom. The Morgan fingerprint density at radius 1 is 1.19 bits per heavy atom. The zero-order chi connectivity index (χ0) is 16.0. The number of carbonyl (C=O) groups excluding carboxylic acids is 1. The van der Waals surface area contributed by atoms with Crippen molar-refractivity contribution in [2.24, 2.45) is 5.92 Å². The third-order valence-electron chi connectivity index (χ3n) is 4.06. The van der Waals surface area contributed by atoms with Gasteiger partial charge in [-0.15, -0.1) is 0 Å². The minimum absolute atomic E-state index is 0.174. The Labute approximate surface area is 129 Å². The standard InChI is InChI=1S/C18H31NO2/c1-7-9-16(10-8-2)12-21-18(20)17-11-14(5)19(13(3)4)15(17)6/h11,13,16H,7-10,12H2,1-6H3. The number of aryl methyl sites for hydroxylation is 1. The smallest absolute Gasteiger partial charge is 0.339 e. The second-order valence-electron chi connectivity index (χ2n) is 6.29. The van der Waals surface area contributed by atoms with Gasteiger partial charge in [0.05, 0.1) is 12.2 Å². The lowest BCUT2D eigenvalue weighted by molar-refractivity contribution is 0.0424. The molecule has 0 atom stereocenters. The molecule has 0 unspecified atom stereocenters. The quantitative estimate of drug-likeness (QED) is 0.627. The van der Waals surface area contributed by atoms with Gasteiger partial charge in [-0.25, -0.2) is 4.79 Å². The lowest BCUT2D eigenvalue weighted by atomic mass is 9.99. The van der Waals surface area contributed by atoms with E-state index in [4.69, 9.17) is 4.74 Å². The molecule has 0 amide bonds. The van der Waals surface area contributed by atoms with Crippen molar-refractivity contribution in [2.75, 3.05) is 6.61 Å². The molecular weight excluding hydrogens is 262 g/mol. The zero-order valence-electron chi connectivity index (χ0n) is 14.5. The first kappa shape index (κ1) is 17.8. The Morgan fingerprint density at radius 3 is 2.19 bits per heavy atom. The molecular formula is C18H31NO2. The normalized spacial score (nSPS) is 11.4. The second kappa shape index (κ2) is 8.26. The molecule has 3 heteroatoms. The van der Waals surface area contributed by atoms with Gasteiger partial charge in [0, 0.05) is 17.4 Å². The van der Waals surface area contributed by atoms with Crippen LogP contribution in [0.5, 0.6) is 0 Å². The fourth-order valence-electron chi connectivity index (χ4n) is 3.18. The van der Waals surface area contributed by atoms with Gasteiger partial charge in [-0.2, -0.15) is 0 Å². The first-order chi connectivity index (χ1) is 9.92. The Hall–Kier alpha value is -1.25. The van der Waals surface area contributed by atoms with Crippen LogP contribution in [0.1, 0.15) is 81.2 Å². The summed E-state index contributed by atoms with van der Waals surface area (Å²) in [6.07, 6.45) is 4.55. The van der Waals surface area contributed by atoms with Crippen molar-refractivity contribution in [1.29, 1.82) is 0 Å². The van der Waals surface area contributed by atoms with Crippen LogP contribution in [-0.2, 0) is 4.74 Å². The molecule has 1 heterocycles. The molecule has 1 aromatic rings. The number of hydrogen-bond acceptors (Lipinski definition) is 2. The summed E-state index contributed by atoms with van der Waals surface area (Å²) in [4.78, 5) is 12.3. The van der Waals surface area contributed by atoms with Crippen molar-refractivity contribution in [3.05, 3.63) is 23.0 Å². The average Bonchev–Trinajstić information content (AvgIpc) is 2.71. The van der Waals surface area contributed by atoms with Gasteiger partial charge < -0.3 is 9.30 Å². The highest BCUT2D eigenvalue weighted by molar-refractivity contribution is 5.91. The molecule has 0 aliphatic rings. The van der Waals surface area contributed by atoms with Crippen LogP contribution in [0.2, 0.25) is 0 Å². The zero-order valence-corrected chi connectivity index (χ0v) is 14.5. The van der Waals surface area contributed by atoms with Gasteiger partial charge >= 0.3 is 5.97 Å². The van der Waals surface area contributed by atoms with Crippen LogP contribution < -0.4 is 0 Å². The number of carbonyl (C=O) groups is 1. The predicted molar refractivity (Wildman–Crippen MR) is 87.9 cm³/mol. The van der Waals surface area contributed by atoms with E-state index in [1.807, 2.05) is 19.9 Å². The molecule has 0 N–H and O–H groups in total. The molecule has 0 saturated heterocycles. The number of hydrogen-bond donors (Lipinski definition) is 0. The molecule has 21 heavy (non-hydrogen) atoms. The van der Waals surface area contributed by atoms with Crippen molar-refractivity contribution in [3.63, 3.8) is 0 Å². The minimum atomic E-state index is -0.174. The maximum atomic E-state index is 12.3. The lowest BCUT2D eigenvalue weighted by Gasteiger charge is -2.16. The highest BCUT2D eigenvalue weighted by Crippen LogP contribution is 2.21. The minimum Gasteiger partial charge on any atom is -0.462 e. The molecule has 0 spiro atoms. The SMILES string of the molecule is CCCC(CCC)COC(=O)c1cc(C)n(C(C)C)c1C. The lowest BCUT2D eigenvalue weighted by Crippen LogP contribution is -2.15. The summed E-state index contributed by atoms with van der Waals surface area (Å²) in [7, 11) is 0. The first-order valence-electron chi connectivity index (χ1n) is 8.27. The van der Waals surface area contributed by atoms with Gasteiger partial charge in [0.2, 0.25) is 0 Å². The highest BCUT2D eigenvalue weighted by atomic mass is 16.5. The molecule has 1 rings (SSSR count). The van der Waals surface area contributed by atoms with E-state index in [9.17, 15) is 4.79 Å². The maximum Gasteiger partial charge on any atom is 0.339 e. The second-order valence-corrected chi connectivity index (χ2v) is 6.29. The Kier molecular flexibility index (Phi) is 7.00. The van der Waals surface area contributed by atoms with Crippen molar-refractivity contribution >= 4 is 5.97 Å². The average molecular weight is 293 g/mol. The summed E-state index contributed by atoms with van der Waals surface area (Å²) in [5.74, 6) is 0.324. The topological polar surface area (TPSA) is 31.2 Å². The van der Waals surface area contributed by atoms with Crippen LogP contribution in [0.15, 0.2) is 6.07 Å². The van der Waals surface area contributed by atoms with Gasteiger partial charge in [-0.3, -0.25) is 0 Å². The summed E-state index contributed by atoms with van der Waals surface area (Å²) in [5.41, 5.74) is 2.84. The molecule has 0 bridgehead atoms. The van der Waals surface area contributed by atoms with Crippen LogP contribution in [0.4, 0.5) is 0 Å². The van der Waals surface area contributed by atoms with Crippen LogP contribution >= 0.6 is 0 Å². The molecule has 0 aromatic carbocycles. The van der Waals surface area contributed by atoms with Crippen molar-refractivity contribution in [3.8, 4) is 0 Å². The van der Waals surface area contributed by atoms with E-state index in [2.05, 4.69) is 32.3 Å². The first-order valence-corrected chi connectivity index (χ1v) is 8.27. The number of rotatable bonds is 8. The van der Waals surface area contributed by atoms with Crippen LogP contribution in [-0.4, -0.2) is 17.1 Å². The monoisotopic (exact) mass is 293 g/mol. The van der Waals surface area contributed by atoms with E-state index in [1.54, 1.807) is 0 Å². The summed E-state index contributed by atoms with van der Waals surface area (Å²) in [6, 6.07) is 2.31. The summed E-state index contributed by atoms with van der Waals surface area (Å²) in [6.45, 7) is 13.2. The molecule has 1 aromatic heterocycles. The van der Waals surface area contributed by atoms with E-state index in [0.717, 1.165) is 37.1 Å². The Bertz CT molecular complexity index is 454. The molecule has 0 aliphatic carbocycles. The van der Waals surface area contributed by atoms with Crippen LogP contribution in [0.3, 0.4) is 0 Å². The predicted octanol–water partition coefficient (Wildman–Crippen LogP) is 5.06. The third-order valence-corrected chi connectivity index (χ3v) is 4.06. The van der Waals surface area contributed by atoms with E-state index < -0.39 is 0 Å². The van der Waals surface area contributed by atoms with E-state index in [0.29, 0.717) is 24.1 Å². The third kappa shape index (κ3) is 4.62. The molecule has 0 radical (unpaired) electrons. The Balaban J connectivity index is 2.74. The fourth-order valence-corrected chi connectivity index (χ4v) is 3.18. The van der Waals surface area contributed by atoms with Gasteiger partial charge in [-0.1, -0.05) is 26.7 Å². The largest absolute Gasteiger partial charge is 0.462 e. The summed E-state index contributed by atoms with van der Waals surface area (Å²) in [5, 5.41) is 0. The van der Waals surface area contributed by atoms with Gasteiger partial charge in [0.1, 0.15) is 0 Å². The van der Waals surface area contributed by atoms with Crippen molar-refractivity contribution in [1.82, 2.24) is 4.57 Å². The highest BCUT2D eigenvalue weighted by Gasteiger charge is 2.19. The van der Waals surface area contributed by atoms with E-state index in [-0.39, 0.29) is 5.97 Å². The van der Waals surface area contributed by atoms with Gasteiger partial charge in [0.15, 0.2) is 0 Å². The summed E-state index contributed by atoms with van der Waals surface area (Å²) < 4.78 is 7.76. The molecule has 0 aliphatic heterocycles. The summed E-state index contributed by atoms with van der Waals surface area (Å²) >= 11 is 0. The number of ether oxygens (including phenoxy) is 1. The number of nitrogens with zero attached hydrogens (tertiary/aromatic N) is 1. The number of esters is 1. The van der Waals surface area contributed by atoms with Crippen LogP contribution in [0, 0.1) is 19.8 Å². The van der Waals surface area contributed by atoms with Crippen molar-refractivity contribution < 1.29 is 9.53 Å². The molecule has 3 nitrogen and oxygen atoms in total. The van der Waals surface area contributed by atoms with Gasteiger partial charge in [0.25, 0.3) is 0 Å². The van der Waals surface area contributed by atoms with Crippen molar-refractivity contribution in [2.45, 2.75) is 73.3 Å².